The Bertz CT molecular complexity index is 401. The van der Waals surface area contributed by atoms with Crippen LogP contribution in [0.4, 0.5) is 5.82 Å². The molecule has 1 N–H and O–H groups in total. The summed E-state index contributed by atoms with van der Waals surface area (Å²) in [5, 5.41) is 10.7. The summed E-state index contributed by atoms with van der Waals surface area (Å²) in [6.07, 6.45) is 1.76. The van der Waals surface area contributed by atoms with Gasteiger partial charge in [0.15, 0.2) is 5.69 Å². The SMILES string of the molecule is CNc1ccc(C(=O)N(C)C2CCOCC2)nn1. The first-order chi connectivity index (χ1) is 8.72. The lowest BCUT2D eigenvalue weighted by molar-refractivity contribution is 0.0358. The number of carbonyl (C=O) groups excluding carboxylic acids is 1. The molecule has 1 aliphatic heterocycles. The molecule has 0 atom stereocenters. The average Bonchev–Trinajstić information content (AvgIpc) is 2.47. The lowest BCUT2D eigenvalue weighted by atomic mass is 10.1. The molecular formula is C12H18N4O2. The Balaban J connectivity index is 2.04. The van der Waals surface area contributed by atoms with E-state index in [0.717, 1.165) is 12.8 Å². The van der Waals surface area contributed by atoms with Crippen LogP contribution < -0.4 is 5.32 Å². The van der Waals surface area contributed by atoms with Gasteiger partial charge in [-0.3, -0.25) is 4.79 Å². The largest absolute Gasteiger partial charge is 0.381 e. The zero-order valence-corrected chi connectivity index (χ0v) is 10.7. The number of ether oxygens (including phenoxy) is 1. The zero-order chi connectivity index (χ0) is 13.0. The number of nitrogens with one attached hydrogen (secondary N) is 1. The highest BCUT2D eigenvalue weighted by molar-refractivity contribution is 5.92. The molecule has 1 saturated heterocycles. The first kappa shape index (κ1) is 12.8. The second-order valence-corrected chi connectivity index (χ2v) is 4.31. The monoisotopic (exact) mass is 250 g/mol. The first-order valence-corrected chi connectivity index (χ1v) is 6.08. The molecule has 1 fully saturated rings. The maximum atomic E-state index is 12.2. The Morgan fingerprint density at radius 1 is 1.39 bits per heavy atom. The van der Waals surface area contributed by atoms with Crippen molar-refractivity contribution in [2.45, 2.75) is 18.9 Å². The number of hydrogen-bond donors (Lipinski definition) is 1. The number of carbonyl (C=O) groups is 1. The molecule has 98 valence electrons. The third-order valence-corrected chi connectivity index (χ3v) is 3.20. The molecule has 0 spiro atoms. The fourth-order valence-electron chi connectivity index (χ4n) is 2.00. The Hall–Kier alpha value is -1.69. The molecule has 2 heterocycles. The Morgan fingerprint density at radius 3 is 2.67 bits per heavy atom. The number of amides is 1. The number of aromatic nitrogens is 2. The van der Waals surface area contributed by atoms with Gasteiger partial charge in [0, 0.05) is 33.4 Å². The molecule has 1 aromatic heterocycles. The molecule has 18 heavy (non-hydrogen) atoms. The molecule has 1 aromatic rings. The van der Waals surface area contributed by atoms with Crippen molar-refractivity contribution >= 4 is 11.7 Å². The van der Waals surface area contributed by atoms with Gasteiger partial charge in [-0.2, -0.15) is 0 Å². The molecule has 1 amide bonds. The maximum Gasteiger partial charge on any atom is 0.274 e. The molecule has 0 aromatic carbocycles. The van der Waals surface area contributed by atoms with E-state index in [2.05, 4.69) is 15.5 Å². The van der Waals surface area contributed by atoms with Crippen molar-refractivity contribution in [3.05, 3.63) is 17.8 Å². The Kier molecular flexibility index (Phi) is 4.09. The van der Waals surface area contributed by atoms with Crippen LogP contribution in [-0.2, 0) is 4.74 Å². The van der Waals surface area contributed by atoms with E-state index in [1.807, 2.05) is 7.05 Å². The van der Waals surface area contributed by atoms with Crippen LogP contribution in [0.1, 0.15) is 23.3 Å². The van der Waals surface area contributed by atoms with Gasteiger partial charge in [-0.15, -0.1) is 10.2 Å². The molecule has 6 heteroatoms. The number of rotatable bonds is 3. The highest BCUT2D eigenvalue weighted by Gasteiger charge is 2.24. The van der Waals surface area contributed by atoms with Crippen molar-refractivity contribution in [2.24, 2.45) is 0 Å². The predicted molar refractivity (Wildman–Crippen MR) is 67.5 cm³/mol. The van der Waals surface area contributed by atoms with Crippen LogP contribution in [0.15, 0.2) is 12.1 Å². The van der Waals surface area contributed by atoms with Gasteiger partial charge >= 0.3 is 0 Å². The molecular weight excluding hydrogens is 232 g/mol. The lowest BCUT2D eigenvalue weighted by Crippen LogP contribution is -2.41. The minimum atomic E-state index is -0.0861. The fraction of sp³-hybridized carbons (Fsp3) is 0.583. The zero-order valence-electron chi connectivity index (χ0n) is 10.7. The Morgan fingerprint density at radius 2 is 2.11 bits per heavy atom. The lowest BCUT2D eigenvalue weighted by Gasteiger charge is -2.30. The van der Waals surface area contributed by atoms with E-state index >= 15 is 0 Å². The second kappa shape index (κ2) is 5.77. The Labute approximate surface area is 106 Å². The van der Waals surface area contributed by atoms with Gasteiger partial charge in [-0.25, -0.2) is 0 Å². The molecule has 1 aliphatic rings. The summed E-state index contributed by atoms with van der Waals surface area (Å²) in [5.41, 5.74) is 0.378. The summed E-state index contributed by atoms with van der Waals surface area (Å²) >= 11 is 0. The molecule has 0 unspecified atom stereocenters. The van der Waals surface area contributed by atoms with Crippen LogP contribution in [-0.4, -0.2) is 54.4 Å². The van der Waals surface area contributed by atoms with Gasteiger partial charge in [-0.05, 0) is 25.0 Å². The predicted octanol–water partition coefficient (Wildman–Crippen LogP) is 0.769. The van der Waals surface area contributed by atoms with E-state index in [1.54, 1.807) is 24.1 Å². The van der Waals surface area contributed by atoms with Crippen LogP contribution in [0.25, 0.3) is 0 Å². The van der Waals surface area contributed by atoms with Crippen LogP contribution in [0.2, 0.25) is 0 Å². The quantitative estimate of drug-likeness (QED) is 0.858. The van der Waals surface area contributed by atoms with E-state index in [9.17, 15) is 4.79 Å². The molecule has 6 nitrogen and oxygen atoms in total. The van der Waals surface area contributed by atoms with Crippen molar-refractivity contribution in [2.75, 3.05) is 32.6 Å². The maximum absolute atomic E-state index is 12.2. The van der Waals surface area contributed by atoms with E-state index in [4.69, 9.17) is 4.74 Å². The van der Waals surface area contributed by atoms with E-state index in [1.165, 1.54) is 0 Å². The number of anilines is 1. The van der Waals surface area contributed by atoms with Crippen molar-refractivity contribution in [1.29, 1.82) is 0 Å². The number of hydrogen-bond acceptors (Lipinski definition) is 5. The van der Waals surface area contributed by atoms with Crippen molar-refractivity contribution < 1.29 is 9.53 Å². The third-order valence-electron chi connectivity index (χ3n) is 3.20. The van der Waals surface area contributed by atoms with Gasteiger partial charge in [0.25, 0.3) is 5.91 Å². The van der Waals surface area contributed by atoms with Crippen LogP contribution >= 0.6 is 0 Å². The number of nitrogens with zero attached hydrogens (tertiary/aromatic N) is 3. The second-order valence-electron chi connectivity index (χ2n) is 4.31. The van der Waals surface area contributed by atoms with Crippen molar-refractivity contribution in [1.82, 2.24) is 15.1 Å². The summed E-state index contributed by atoms with van der Waals surface area (Å²) in [6, 6.07) is 3.67. The normalized spacial score (nSPS) is 16.3. The van der Waals surface area contributed by atoms with Gasteiger partial charge in [0.1, 0.15) is 5.82 Å². The van der Waals surface area contributed by atoms with E-state index < -0.39 is 0 Å². The average molecular weight is 250 g/mol. The van der Waals surface area contributed by atoms with Gasteiger partial charge in [0.05, 0.1) is 0 Å². The molecule has 0 aliphatic carbocycles. The summed E-state index contributed by atoms with van der Waals surface area (Å²) in [6.45, 7) is 1.43. The van der Waals surface area contributed by atoms with Gasteiger partial charge < -0.3 is 15.0 Å². The summed E-state index contributed by atoms with van der Waals surface area (Å²) < 4.78 is 5.29. The van der Waals surface area contributed by atoms with Crippen LogP contribution in [0.5, 0.6) is 0 Å². The highest BCUT2D eigenvalue weighted by atomic mass is 16.5. The van der Waals surface area contributed by atoms with E-state index in [0.29, 0.717) is 24.7 Å². The summed E-state index contributed by atoms with van der Waals surface area (Å²) in [4.78, 5) is 13.9. The standard InChI is InChI=1S/C12H18N4O2/c1-13-11-4-3-10(14-15-11)12(17)16(2)9-5-7-18-8-6-9/h3-4,9H,5-8H2,1-2H3,(H,13,15). The van der Waals surface area contributed by atoms with Crippen LogP contribution in [0, 0.1) is 0 Å². The van der Waals surface area contributed by atoms with Gasteiger partial charge in [-0.1, -0.05) is 0 Å². The van der Waals surface area contributed by atoms with Crippen LogP contribution in [0.3, 0.4) is 0 Å². The van der Waals surface area contributed by atoms with E-state index in [-0.39, 0.29) is 11.9 Å². The summed E-state index contributed by atoms with van der Waals surface area (Å²) in [5.74, 6) is 0.567. The van der Waals surface area contributed by atoms with Gasteiger partial charge in [0.2, 0.25) is 0 Å². The molecule has 2 rings (SSSR count). The molecule has 0 radical (unpaired) electrons. The third kappa shape index (κ3) is 2.76. The summed E-state index contributed by atoms with van der Waals surface area (Å²) in [7, 11) is 3.58. The minimum absolute atomic E-state index is 0.0861. The topological polar surface area (TPSA) is 67.4 Å². The minimum Gasteiger partial charge on any atom is -0.381 e. The van der Waals surface area contributed by atoms with Crippen molar-refractivity contribution in [3.8, 4) is 0 Å². The molecule has 0 saturated carbocycles. The fourth-order valence-corrected chi connectivity index (χ4v) is 2.00. The molecule has 0 bridgehead atoms. The first-order valence-electron chi connectivity index (χ1n) is 6.08. The smallest absolute Gasteiger partial charge is 0.274 e. The highest BCUT2D eigenvalue weighted by Crippen LogP contribution is 2.15. The van der Waals surface area contributed by atoms with Crippen molar-refractivity contribution in [3.63, 3.8) is 0 Å².